The second-order valence-electron chi connectivity index (χ2n) is 4.59. The van der Waals surface area contributed by atoms with Crippen LogP contribution in [-0.2, 0) is 9.59 Å². The van der Waals surface area contributed by atoms with E-state index in [0.29, 0.717) is 16.3 Å². The van der Waals surface area contributed by atoms with Crippen molar-refractivity contribution in [3.63, 3.8) is 0 Å². The Hall–Kier alpha value is -2.18. The summed E-state index contributed by atoms with van der Waals surface area (Å²) in [6.07, 6.45) is 1.44. The van der Waals surface area contributed by atoms with E-state index in [4.69, 9.17) is 11.6 Å². The predicted molar refractivity (Wildman–Crippen MR) is 94.7 cm³/mol. The smallest absolute Gasteiger partial charge is 0.317 e. The van der Waals surface area contributed by atoms with Crippen molar-refractivity contribution in [1.82, 2.24) is 5.43 Å². The number of rotatable bonds is 3. The first-order valence-corrected chi connectivity index (χ1v) is 7.80. The molecule has 0 heterocycles. The van der Waals surface area contributed by atoms with E-state index in [1.165, 1.54) is 6.21 Å². The molecule has 2 N–H and O–H groups in total. The van der Waals surface area contributed by atoms with Crippen LogP contribution in [0.5, 0.6) is 0 Å². The predicted octanol–water partition coefficient (Wildman–Crippen LogP) is 3.50. The lowest BCUT2D eigenvalue weighted by molar-refractivity contribution is -0.136. The average molecular weight is 395 g/mol. The van der Waals surface area contributed by atoms with E-state index in [9.17, 15) is 9.59 Å². The van der Waals surface area contributed by atoms with Gasteiger partial charge in [0.2, 0.25) is 0 Å². The molecule has 2 aromatic carbocycles. The Morgan fingerprint density at radius 2 is 1.87 bits per heavy atom. The van der Waals surface area contributed by atoms with Crippen LogP contribution in [0.2, 0.25) is 5.02 Å². The first-order valence-electron chi connectivity index (χ1n) is 6.63. The van der Waals surface area contributed by atoms with Gasteiger partial charge in [0.25, 0.3) is 0 Å². The second-order valence-corrected chi connectivity index (χ2v) is 5.85. The molecule has 23 heavy (non-hydrogen) atoms. The quantitative estimate of drug-likeness (QED) is 0.475. The highest BCUT2D eigenvalue weighted by Gasteiger charge is 2.14. The van der Waals surface area contributed by atoms with Crippen molar-refractivity contribution in [3.05, 3.63) is 63.1 Å². The number of nitrogens with one attached hydrogen (secondary N) is 2. The zero-order valence-corrected chi connectivity index (χ0v) is 14.5. The van der Waals surface area contributed by atoms with Gasteiger partial charge < -0.3 is 5.32 Å². The van der Waals surface area contributed by atoms with Gasteiger partial charge in [0.15, 0.2) is 0 Å². The van der Waals surface area contributed by atoms with Gasteiger partial charge in [-0.05, 0) is 30.7 Å². The number of carbonyl (C=O) groups excluding carboxylic acids is 2. The van der Waals surface area contributed by atoms with Gasteiger partial charge in [-0.3, -0.25) is 9.59 Å². The molecular weight excluding hydrogens is 382 g/mol. The standard InChI is InChI=1S/C16H13BrClN3O2/c1-10-13(18)7-4-8-14(10)20-15(22)16(23)21-19-9-11-5-2-3-6-12(11)17/h2-9H,1H3,(H,20,22)(H,21,23). The summed E-state index contributed by atoms with van der Waals surface area (Å²) in [6.45, 7) is 1.75. The number of anilines is 1. The van der Waals surface area contributed by atoms with Gasteiger partial charge in [-0.25, -0.2) is 5.43 Å². The lowest BCUT2D eigenvalue weighted by Gasteiger charge is -2.08. The fraction of sp³-hybridized carbons (Fsp3) is 0.0625. The molecule has 7 heteroatoms. The lowest BCUT2D eigenvalue weighted by Crippen LogP contribution is -2.32. The Bertz CT molecular complexity index is 778. The van der Waals surface area contributed by atoms with Gasteiger partial charge in [0.1, 0.15) is 0 Å². The van der Waals surface area contributed by atoms with E-state index < -0.39 is 11.8 Å². The number of carbonyl (C=O) groups is 2. The van der Waals surface area contributed by atoms with Crippen molar-refractivity contribution in [3.8, 4) is 0 Å². The Morgan fingerprint density at radius 3 is 2.61 bits per heavy atom. The summed E-state index contributed by atoms with van der Waals surface area (Å²) >= 11 is 9.32. The lowest BCUT2D eigenvalue weighted by atomic mass is 10.2. The first kappa shape index (κ1) is 17.2. The maximum Gasteiger partial charge on any atom is 0.329 e. The molecular formula is C16H13BrClN3O2. The van der Waals surface area contributed by atoms with Gasteiger partial charge in [-0.1, -0.05) is 51.8 Å². The fourth-order valence-electron chi connectivity index (χ4n) is 1.71. The monoisotopic (exact) mass is 393 g/mol. The van der Waals surface area contributed by atoms with Gasteiger partial charge >= 0.3 is 11.8 Å². The van der Waals surface area contributed by atoms with E-state index in [1.807, 2.05) is 24.3 Å². The third kappa shape index (κ3) is 4.64. The fourth-order valence-corrected chi connectivity index (χ4v) is 2.27. The van der Waals surface area contributed by atoms with Crippen LogP contribution >= 0.6 is 27.5 Å². The molecule has 0 spiro atoms. The molecule has 2 amide bonds. The minimum absolute atomic E-state index is 0.479. The van der Waals surface area contributed by atoms with Crippen LogP contribution < -0.4 is 10.7 Å². The van der Waals surface area contributed by atoms with Crippen molar-refractivity contribution in [2.24, 2.45) is 5.10 Å². The molecule has 5 nitrogen and oxygen atoms in total. The van der Waals surface area contributed by atoms with Crippen LogP contribution in [-0.4, -0.2) is 18.0 Å². The first-order chi connectivity index (χ1) is 11.0. The highest BCUT2D eigenvalue weighted by atomic mass is 79.9. The topological polar surface area (TPSA) is 70.6 Å². The van der Waals surface area contributed by atoms with Crippen LogP contribution in [0.15, 0.2) is 52.0 Å². The number of hydrazone groups is 1. The van der Waals surface area contributed by atoms with Gasteiger partial charge in [-0.15, -0.1) is 0 Å². The summed E-state index contributed by atoms with van der Waals surface area (Å²) in [6, 6.07) is 12.4. The number of halogens is 2. The molecule has 0 aliphatic rings. The minimum Gasteiger partial charge on any atom is -0.317 e. The van der Waals surface area contributed by atoms with Crippen molar-refractivity contribution < 1.29 is 9.59 Å². The number of hydrogen-bond acceptors (Lipinski definition) is 3. The zero-order chi connectivity index (χ0) is 16.8. The molecule has 0 saturated carbocycles. The summed E-state index contributed by atoms with van der Waals surface area (Å²) in [5.41, 5.74) is 4.12. The Morgan fingerprint density at radius 1 is 1.13 bits per heavy atom. The Balaban J connectivity index is 1.97. The third-order valence-corrected chi connectivity index (χ3v) is 4.13. The Kier molecular flexibility index (Phi) is 5.90. The summed E-state index contributed by atoms with van der Waals surface area (Å²) in [4.78, 5) is 23.6. The zero-order valence-electron chi connectivity index (χ0n) is 12.1. The van der Waals surface area contributed by atoms with Crippen LogP contribution in [0.1, 0.15) is 11.1 Å². The van der Waals surface area contributed by atoms with E-state index in [2.05, 4.69) is 31.8 Å². The molecule has 2 rings (SSSR count). The van der Waals surface area contributed by atoms with E-state index in [-0.39, 0.29) is 0 Å². The molecule has 0 aliphatic carbocycles. The van der Waals surface area contributed by atoms with Gasteiger partial charge in [-0.2, -0.15) is 5.10 Å². The normalized spacial score (nSPS) is 10.6. The number of benzene rings is 2. The van der Waals surface area contributed by atoms with Crippen molar-refractivity contribution in [1.29, 1.82) is 0 Å². The molecule has 2 aromatic rings. The average Bonchev–Trinajstić information content (AvgIpc) is 2.53. The molecule has 0 aliphatic heterocycles. The van der Waals surface area contributed by atoms with Crippen LogP contribution in [0.4, 0.5) is 5.69 Å². The molecule has 0 atom stereocenters. The van der Waals surface area contributed by atoms with Crippen LogP contribution in [0.25, 0.3) is 0 Å². The molecule has 0 bridgehead atoms. The highest BCUT2D eigenvalue weighted by molar-refractivity contribution is 9.10. The molecule has 0 fully saturated rings. The van der Waals surface area contributed by atoms with Gasteiger partial charge in [0, 0.05) is 20.7 Å². The molecule has 0 radical (unpaired) electrons. The van der Waals surface area contributed by atoms with Gasteiger partial charge in [0.05, 0.1) is 6.21 Å². The van der Waals surface area contributed by atoms with Crippen LogP contribution in [0.3, 0.4) is 0 Å². The highest BCUT2D eigenvalue weighted by Crippen LogP contribution is 2.22. The summed E-state index contributed by atoms with van der Waals surface area (Å²) in [5, 5.41) is 6.77. The number of hydrogen-bond donors (Lipinski definition) is 2. The van der Waals surface area contributed by atoms with Crippen molar-refractivity contribution in [2.45, 2.75) is 6.92 Å². The van der Waals surface area contributed by atoms with E-state index in [1.54, 1.807) is 25.1 Å². The SMILES string of the molecule is Cc1c(Cl)cccc1NC(=O)C(=O)NN=Cc1ccccc1Br. The molecule has 0 aromatic heterocycles. The molecule has 118 valence electrons. The second kappa shape index (κ2) is 7.89. The summed E-state index contributed by atoms with van der Waals surface area (Å²) in [5.74, 6) is -1.69. The maximum atomic E-state index is 11.8. The summed E-state index contributed by atoms with van der Waals surface area (Å²) in [7, 11) is 0. The number of amides is 2. The van der Waals surface area contributed by atoms with Crippen molar-refractivity contribution >= 4 is 51.2 Å². The summed E-state index contributed by atoms with van der Waals surface area (Å²) < 4.78 is 0.831. The number of nitrogens with zero attached hydrogens (tertiary/aromatic N) is 1. The Labute approximate surface area is 146 Å². The van der Waals surface area contributed by atoms with E-state index in [0.717, 1.165) is 10.0 Å². The minimum atomic E-state index is -0.868. The molecule has 0 saturated heterocycles. The molecule has 0 unspecified atom stereocenters. The maximum absolute atomic E-state index is 11.8. The largest absolute Gasteiger partial charge is 0.329 e. The third-order valence-electron chi connectivity index (χ3n) is 3.00. The van der Waals surface area contributed by atoms with E-state index >= 15 is 0 Å². The van der Waals surface area contributed by atoms with Crippen LogP contribution in [0, 0.1) is 6.92 Å². The van der Waals surface area contributed by atoms with Crippen molar-refractivity contribution in [2.75, 3.05) is 5.32 Å².